The summed E-state index contributed by atoms with van der Waals surface area (Å²) in [7, 11) is 0. The highest BCUT2D eigenvalue weighted by atomic mass is 16.1. The SMILES string of the molecule is O=c1cnccn1CC#CCN1CCCC1. The highest BCUT2D eigenvalue weighted by molar-refractivity contribution is 5.02. The first kappa shape index (κ1) is 10.9. The molecule has 1 aromatic heterocycles. The van der Waals surface area contributed by atoms with E-state index in [1.54, 1.807) is 17.0 Å². The molecule has 1 aromatic rings. The lowest BCUT2D eigenvalue weighted by molar-refractivity contribution is 0.383. The second kappa shape index (κ2) is 5.47. The maximum Gasteiger partial charge on any atom is 0.269 e. The molecule has 0 saturated carbocycles. The molecule has 4 heteroatoms. The summed E-state index contributed by atoms with van der Waals surface area (Å²) >= 11 is 0. The molecule has 0 N–H and O–H groups in total. The Balaban J connectivity index is 1.85. The molecule has 1 aliphatic rings. The van der Waals surface area contributed by atoms with Crippen molar-refractivity contribution in [3.05, 3.63) is 28.9 Å². The van der Waals surface area contributed by atoms with Gasteiger partial charge in [0, 0.05) is 12.4 Å². The van der Waals surface area contributed by atoms with Crippen LogP contribution in [0.2, 0.25) is 0 Å². The van der Waals surface area contributed by atoms with E-state index in [9.17, 15) is 4.79 Å². The lowest BCUT2D eigenvalue weighted by atomic mass is 10.4. The third-order valence-electron chi connectivity index (χ3n) is 2.68. The predicted octanol–water partition coefficient (Wildman–Crippen LogP) is 0.343. The van der Waals surface area contributed by atoms with E-state index in [2.05, 4.69) is 21.7 Å². The van der Waals surface area contributed by atoms with Crippen LogP contribution in [0.1, 0.15) is 12.8 Å². The van der Waals surface area contributed by atoms with Gasteiger partial charge >= 0.3 is 0 Å². The Kier molecular flexibility index (Phi) is 3.73. The first-order valence-corrected chi connectivity index (χ1v) is 5.55. The van der Waals surface area contributed by atoms with Gasteiger partial charge in [0.15, 0.2) is 0 Å². The molecule has 0 amide bonds. The average Bonchev–Trinajstić information content (AvgIpc) is 2.79. The Bertz CT molecular complexity index is 449. The van der Waals surface area contributed by atoms with Gasteiger partial charge < -0.3 is 4.57 Å². The summed E-state index contributed by atoms with van der Waals surface area (Å²) in [6, 6.07) is 0. The molecule has 0 unspecified atom stereocenters. The highest BCUT2D eigenvalue weighted by Gasteiger charge is 2.08. The van der Waals surface area contributed by atoms with Crippen molar-refractivity contribution >= 4 is 0 Å². The van der Waals surface area contributed by atoms with Crippen LogP contribution < -0.4 is 5.56 Å². The fourth-order valence-electron chi connectivity index (χ4n) is 1.75. The molecule has 1 saturated heterocycles. The van der Waals surface area contributed by atoms with Crippen molar-refractivity contribution in [3.8, 4) is 11.8 Å². The zero-order valence-electron chi connectivity index (χ0n) is 9.22. The highest BCUT2D eigenvalue weighted by Crippen LogP contribution is 2.05. The smallest absolute Gasteiger partial charge is 0.269 e. The zero-order chi connectivity index (χ0) is 11.2. The van der Waals surface area contributed by atoms with Gasteiger partial charge in [-0.05, 0) is 25.9 Å². The van der Waals surface area contributed by atoms with Crippen LogP contribution in [-0.2, 0) is 6.54 Å². The third-order valence-corrected chi connectivity index (χ3v) is 2.68. The van der Waals surface area contributed by atoms with Crippen molar-refractivity contribution < 1.29 is 0 Å². The number of hydrogen-bond donors (Lipinski definition) is 0. The van der Waals surface area contributed by atoms with Crippen LogP contribution in [-0.4, -0.2) is 34.1 Å². The Morgan fingerprint density at radius 1 is 1.25 bits per heavy atom. The Morgan fingerprint density at radius 3 is 2.75 bits per heavy atom. The van der Waals surface area contributed by atoms with Crippen LogP contribution in [0.4, 0.5) is 0 Å². The lowest BCUT2D eigenvalue weighted by Gasteiger charge is -2.08. The minimum absolute atomic E-state index is 0.0991. The third kappa shape index (κ3) is 2.94. The summed E-state index contributed by atoms with van der Waals surface area (Å²) in [6.45, 7) is 3.59. The summed E-state index contributed by atoms with van der Waals surface area (Å²) in [5, 5.41) is 0. The van der Waals surface area contributed by atoms with Crippen LogP contribution in [0.5, 0.6) is 0 Å². The van der Waals surface area contributed by atoms with Gasteiger partial charge in [0.25, 0.3) is 5.56 Å². The fraction of sp³-hybridized carbons (Fsp3) is 0.500. The number of aromatic nitrogens is 2. The van der Waals surface area contributed by atoms with Crippen LogP contribution in [0.3, 0.4) is 0 Å². The number of rotatable bonds is 2. The zero-order valence-corrected chi connectivity index (χ0v) is 9.22. The standard InChI is InChI=1S/C12H15N3O/c16-12-11-13-5-10-15(12)9-4-3-8-14-6-1-2-7-14/h5,10-11H,1-2,6-9H2. The minimum atomic E-state index is -0.0991. The van der Waals surface area contributed by atoms with Gasteiger partial charge in [-0.25, -0.2) is 0 Å². The molecule has 4 nitrogen and oxygen atoms in total. The molecule has 16 heavy (non-hydrogen) atoms. The molecule has 0 aromatic carbocycles. The van der Waals surface area contributed by atoms with Crippen LogP contribution >= 0.6 is 0 Å². The topological polar surface area (TPSA) is 38.1 Å². The maximum atomic E-state index is 11.3. The van der Waals surface area contributed by atoms with Crippen molar-refractivity contribution in [1.82, 2.24) is 14.5 Å². The molecule has 2 heterocycles. The van der Waals surface area contributed by atoms with E-state index in [1.807, 2.05) is 0 Å². The summed E-state index contributed by atoms with van der Waals surface area (Å²) in [6.07, 6.45) is 7.13. The van der Waals surface area contributed by atoms with Crippen molar-refractivity contribution in [2.75, 3.05) is 19.6 Å². The molecular formula is C12H15N3O. The van der Waals surface area contributed by atoms with E-state index in [0.717, 1.165) is 19.6 Å². The van der Waals surface area contributed by atoms with Gasteiger partial charge in [0.1, 0.15) is 0 Å². The van der Waals surface area contributed by atoms with Gasteiger partial charge in [0.2, 0.25) is 0 Å². The predicted molar refractivity (Wildman–Crippen MR) is 61.9 cm³/mol. The largest absolute Gasteiger partial charge is 0.301 e. The molecule has 2 rings (SSSR count). The molecule has 0 radical (unpaired) electrons. The van der Waals surface area contributed by atoms with Crippen LogP contribution in [0.25, 0.3) is 0 Å². The molecule has 1 fully saturated rings. The van der Waals surface area contributed by atoms with Crippen molar-refractivity contribution in [2.24, 2.45) is 0 Å². The van der Waals surface area contributed by atoms with Crippen molar-refractivity contribution in [3.63, 3.8) is 0 Å². The lowest BCUT2D eigenvalue weighted by Crippen LogP contribution is -2.20. The Morgan fingerprint density at radius 2 is 2.00 bits per heavy atom. The van der Waals surface area contributed by atoms with Gasteiger partial charge in [-0.3, -0.25) is 14.7 Å². The average molecular weight is 217 g/mol. The second-order valence-electron chi connectivity index (χ2n) is 3.88. The number of hydrogen-bond acceptors (Lipinski definition) is 3. The van der Waals surface area contributed by atoms with Gasteiger partial charge in [-0.15, -0.1) is 0 Å². The fourth-order valence-corrected chi connectivity index (χ4v) is 1.75. The monoisotopic (exact) mass is 217 g/mol. The minimum Gasteiger partial charge on any atom is -0.301 e. The number of likely N-dealkylation sites (tertiary alicyclic amines) is 1. The molecule has 0 bridgehead atoms. The summed E-state index contributed by atoms with van der Waals surface area (Å²) in [4.78, 5) is 17.4. The second-order valence-corrected chi connectivity index (χ2v) is 3.88. The van der Waals surface area contributed by atoms with E-state index in [0.29, 0.717) is 6.54 Å². The van der Waals surface area contributed by atoms with E-state index < -0.39 is 0 Å². The molecule has 0 aliphatic carbocycles. The van der Waals surface area contributed by atoms with Gasteiger partial charge in [-0.2, -0.15) is 0 Å². The maximum absolute atomic E-state index is 11.3. The van der Waals surface area contributed by atoms with E-state index in [4.69, 9.17) is 0 Å². The summed E-state index contributed by atoms with van der Waals surface area (Å²) in [5.41, 5.74) is -0.0991. The van der Waals surface area contributed by atoms with Gasteiger partial charge in [0.05, 0.1) is 19.3 Å². The van der Waals surface area contributed by atoms with E-state index >= 15 is 0 Å². The Hall–Kier alpha value is -1.60. The van der Waals surface area contributed by atoms with Crippen LogP contribution in [0.15, 0.2) is 23.4 Å². The normalized spacial score (nSPS) is 15.8. The molecule has 0 atom stereocenters. The first-order chi connectivity index (χ1) is 7.86. The first-order valence-electron chi connectivity index (χ1n) is 5.55. The molecule has 0 spiro atoms. The van der Waals surface area contributed by atoms with E-state index in [1.165, 1.54) is 19.0 Å². The number of nitrogens with zero attached hydrogens (tertiary/aromatic N) is 3. The van der Waals surface area contributed by atoms with Gasteiger partial charge in [-0.1, -0.05) is 11.8 Å². The van der Waals surface area contributed by atoms with Crippen molar-refractivity contribution in [2.45, 2.75) is 19.4 Å². The van der Waals surface area contributed by atoms with E-state index in [-0.39, 0.29) is 5.56 Å². The van der Waals surface area contributed by atoms with Crippen molar-refractivity contribution in [1.29, 1.82) is 0 Å². The Labute approximate surface area is 94.9 Å². The van der Waals surface area contributed by atoms with Crippen LogP contribution in [0, 0.1) is 11.8 Å². The molecule has 1 aliphatic heterocycles. The summed E-state index contributed by atoms with van der Waals surface area (Å²) < 4.78 is 1.56. The molecule has 84 valence electrons. The quantitative estimate of drug-likeness (QED) is 0.671. The molecular weight excluding hydrogens is 202 g/mol. The summed E-state index contributed by atoms with van der Waals surface area (Å²) in [5.74, 6) is 6.11.